The van der Waals surface area contributed by atoms with Crippen LogP contribution in [0.15, 0.2) is 29.3 Å². The molecular weight excluding hydrogens is 398 g/mol. The van der Waals surface area contributed by atoms with Crippen molar-refractivity contribution in [1.29, 1.82) is 0 Å². The van der Waals surface area contributed by atoms with Crippen LogP contribution in [0.1, 0.15) is 33.6 Å². The third kappa shape index (κ3) is 3.36. The van der Waals surface area contributed by atoms with Crippen LogP contribution in [0.3, 0.4) is 0 Å². The summed E-state index contributed by atoms with van der Waals surface area (Å²) in [6.45, 7) is 4.49. The summed E-state index contributed by atoms with van der Waals surface area (Å²) in [5.41, 5.74) is 5.50. The fraction of sp³-hybridized carbons (Fsp3) is 0.435. The van der Waals surface area contributed by atoms with E-state index in [0.717, 1.165) is 46.7 Å². The van der Waals surface area contributed by atoms with Crippen LogP contribution in [0.25, 0.3) is 0 Å². The van der Waals surface area contributed by atoms with Gasteiger partial charge < -0.3 is 9.64 Å². The summed E-state index contributed by atoms with van der Waals surface area (Å²) in [5.74, 6) is -0.133. The Morgan fingerprint density at radius 1 is 1.20 bits per heavy atom. The molecule has 1 saturated heterocycles. The molecule has 0 spiro atoms. The van der Waals surface area contributed by atoms with Gasteiger partial charge in [0.25, 0.3) is 0 Å². The minimum atomic E-state index is -0.110. The number of carbonyl (C=O) groups excluding carboxylic acids is 2. The number of hydrogen-bond donors (Lipinski definition) is 0. The predicted molar refractivity (Wildman–Crippen MR) is 118 cm³/mol. The molecule has 1 fully saturated rings. The van der Waals surface area contributed by atoms with Gasteiger partial charge in [0.1, 0.15) is 18.1 Å². The number of fused-ring (bicyclic) bond motifs is 3. The highest BCUT2D eigenvalue weighted by Crippen LogP contribution is 2.43. The second-order valence-electron chi connectivity index (χ2n) is 7.99. The third-order valence-corrected chi connectivity index (χ3v) is 7.43. The Bertz CT molecular complexity index is 1040. The summed E-state index contributed by atoms with van der Waals surface area (Å²) in [6, 6.07) is 8.20. The molecule has 0 bridgehead atoms. The van der Waals surface area contributed by atoms with Gasteiger partial charge in [-0.1, -0.05) is 24.3 Å². The first-order valence-corrected chi connectivity index (χ1v) is 11.4. The second kappa shape index (κ2) is 7.96. The summed E-state index contributed by atoms with van der Waals surface area (Å²) in [7, 11) is 0. The molecule has 3 aliphatic rings. The van der Waals surface area contributed by atoms with E-state index in [2.05, 4.69) is 19.1 Å². The summed E-state index contributed by atoms with van der Waals surface area (Å²) >= 11 is 1.67. The summed E-state index contributed by atoms with van der Waals surface area (Å²) in [6.07, 6.45) is 3.18. The number of ether oxygens (including phenoxy) is 1. The molecule has 2 aliphatic heterocycles. The molecule has 156 valence electrons. The Balaban J connectivity index is 1.56. The van der Waals surface area contributed by atoms with E-state index >= 15 is 0 Å². The summed E-state index contributed by atoms with van der Waals surface area (Å²) in [4.78, 5) is 35.7. The lowest BCUT2D eigenvalue weighted by Crippen LogP contribution is -2.47. The van der Waals surface area contributed by atoms with E-state index in [0.29, 0.717) is 26.3 Å². The van der Waals surface area contributed by atoms with E-state index in [9.17, 15) is 9.59 Å². The minimum Gasteiger partial charge on any atom is -0.378 e. The number of benzene rings is 1. The fourth-order valence-electron chi connectivity index (χ4n) is 4.51. The fourth-order valence-corrected chi connectivity index (χ4v) is 5.92. The minimum absolute atomic E-state index is 0.0227. The van der Waals surface area contributed by atoms with Crippen molar-refractivity contribution < 1.29 is 14.3 Å². The SMILES string of the molecule is Cc1ccccc1C1=NCC(=O)N(CC(=O)N2CCOCC2)c2sc3c(c21)CCC3. The normalized spacial score (nSPS) is 18.7. The molecule has 30 heavy (non-hydrogen) atoms. The van der Waals surface area contributed by atoms with E-state index in [1.807, 2.05) is 12.1 Å². The van der Waals surface area contributed by atoms with Crippen LogP contribution in [0.4, 0.5) is 5.00 Å². The van der Waals surface area contributed by atoms with Crippen molar-refractivity contribution in [2.75, 3.05) is 44.3 Å². The van der Waals surface area contributed by atoms with Gasteiger partial charge in [-0.15, -0.1) is 11.3 Å². The van der Waals surface area contributed by atoms with Crippen molar-refractivity contribution in [1.82, 2.24) is 4.90 Å². The van der Waals surface area contributed by atoms with E-state index < -0.39 is 0 Å². The molecule has 1 aromatic heterocycles. The first kappa shape index (κ1) is 19.5. The van der Waals surface area contributed by atoms with Crippen LogP contribution in [0.2, 0.25) is 0 Å². The maximum Gasteiger partial charge on any atom is 0.249 e. The van der Waals surface area contributed by atoms with Gasteiger partial charge in [0.05, 0.1) is 18.9 Å². The Morgan fingerprint density at radius 3 is 2.80 bits per heavy atom. The number of aryl methyl sites for hydroxylation is 2. The molecule has 6 nitrogen and oxygen atoms in total. The van der Waals surface area contributed by atoms with Crippen molar-refractivity contribution in [3.63, 3.8) is 0 Å². The van der Waals surface area contributed by atoms with Gasteiger partial charge >= 0.3 is 0 Å². The lowest BCUT2D eigenvalue weighted by molar-refractivity contribution is -0.134. The van der Waals surface area contributed by atoms with Crippen LogP contribution in [-0.4, -0.2) is 61.8 Å². The number of aliphatic imine (C=N–C) groups is 1. The van der Waals surface area contributed by atoms with Gasteiger partial charge in [0.2, 0.25) is 11.8 Å². The van der Waals surface area contributed by atoms with Crippen molar-refractivity contribution in [2.45, 2.75) is 26.2 Å². The Morgan fingerprint density at radius 2 is 2.00 bits per heavy atom. The van der Waals surface area contributed by atoms with Gasteiger partial charge in [-0.25, -0.2) is 0 Å². The van der Waals surface area contributed by atoms with Crippen molar-refractivity contribution >= 4 is 33.9 Å². The molecule has 0 unspecified atom stereocenters. The van der Waals surface area contributed by atoms with E-state index in [1.54, 1.807) is 21.1 Å². The van der Waals surface area contributed by atoms with Gasteiger partial charge in [-0.2, -0.15) is 0 Å². The average molecular weight is 424 g/mol. The zero-order valence-electron chi connectivity index (χ0n) is 17.1. The molecular formula is C23H25N3O3S. The summed E-state index contributed by atoms with van der Waals surface area (Å²) in [5, 5.41) is 0.894. The molecule has 2 aromatic rings. The lowest BCUT2D eigenvalue weighted by Gasteiger charge is -2.29. The van der Waals surface area contributed by atoms with E-state index in [4.69, 9.17) is 9.73 Å². The number of amides is 2. The lowest BCUT2D eigenvalue weighted by atomic mass is 9.96. The van der Waals surface area contributed by atoms with Crippen molar-refractivity contribution in [3.05, 3.63) is 51.4 Å². The average Bonchev–Trinajstić information content (AvgIpc) is 3.32. The molecule has 2 amide bonds. The van der Waals surface area contributed by atoms with E-state index in [1.165, 1.54) is 10.4 Å². The molecule has 1 aliphatic carbocycles. The standard InChI is InChI=1S/C23H25N3O3S/c1-15-5-2-3-6-16(15)22-21-17-7-4-8-18(17)30-23(21)26(19(27)13-24-22)14-20(28)25-9-11-29-12-10-25/h2-3,5-6H,4,7-14H2,1H3. The predicted octanol–water partition coefficient (Wildman–Crippen LogP) is 2.59. The molecule has 1 aromatic carbocycles. The van der Waals surface area contributed by atoms with Gasteiger partial charge in [0.15, 0.2) is 0 Å². The molecule has 3 heterocycles. The quantitative estimate of drug-likeness (QED) is 0.762. The van der Waals surface area contributed by atoms with Crippen molar-refractivity contribution in [2.24, 2.45) is 4.99 Å². The number of rotatable bonds is 3. The zero-order chi connectivity index (χ0) is 20.7. The first-order chi connectivity index (χ1) is 14.6. The highest BCUT2D eigenvalue weighted by Gasteiger charge is 2.35. The Labute approximate surface area is 180 Å². The molecule has 0 N–H and O–H groups in total. The highest BCUT2D eigenvalue weighted by molar-refractivity contribution is 7.17. The molecule has 5 rings (SSSR count). The highest BCUT2D eigenvalue weighted by atomic mass is 32.1. The number of thiophene rings is 1. The molecule has 7 heteroatoms. The van der Waals surface area contributed by atoms with Crippen LogP contribution in [-0.2, 0) is 27.2 Å². The van der Waals surface area contributed by atoms with Gasteiger partial charge in [-0.3, -0.25) is 19.5 Å². The van der Waals surface area contributed by atoms with Crippen LogP contribution in [0.5, 0.6) is 0 Å². The molecule has 0 saturated carbocycles. The Kier molecular flexibility index (Phi) is 5.16. The zero-order valence-corrected chi connectivity index (χ0v) is 18.0. The number of anilines is 1. The largest absolute Gasteiger partial charge is 0.378 e. The smallest absolute Gasteiger partial charge is 0.249 e. The topological polar surface area (TPSA) is 62.2 Å². The first-order valence-electron chi connectivity index (χ1n) is 10.5. The monoisotopic (exact) mass is 423 g/mol. The van der Waals surface area contributed by atoms with Crippen LogP contribution >= 0.6 is 11.3 Å². The summed E-state index contributed by atoms with van der Waals surface area (Å²) < 4.78 is 5.36. The maximum absolute atomic E-state index is 13.1. The number of hydrogen-bond acceptors (Lipinski definition) is 5. The van der Waals surface area contributed by atoms with Crippen LogP contribution < -0.4 is 4.90 Å². The van der Waals surface area contributed by atoms with Gasteiger partial charge in [0, 0.05) is 29.1 Å². The van der Waals surface area contributed by atoms with Crippen molar-refractivity contribution in [3.8, 4) is 0 Å². The molecule has 0 radical (unpaired) electrons. The van der Waals surface area contributed by atoms with Crippen LogP contribution in [0, 0.1) is 6.92 Å². The molecule has 0 atom stereocenters. The second-order valence-corrected chi connectivity index (χ2v) is 9.07. The Hall–Kier alpha value is -2.51. The number of morpholine rings is 1. The third-order valence-electron chi connectivity index (χ3n) is 6.12. The van der Waals surface area contributed by atoms with E-state index in [-0.39, 0.29) is 24.9 Å². The number of nitrogens with zero attached hydrogens (tertiary/aromatic N) is 3. The van der Waals surface area contributed by atoms with Gasteiger partial charge in [-0.05, 0) is 37.3 Å². The number of carbonyl (C=O) groups is 2. The maximum atomic E-state index is 13.1.